The fourth-order valence-electron chi connectivity index (χ4n) is 11.7. The van der Waals surface area contributed by atoms with Crippen molar-refractivity contribution >= 4 is 57.3 Å². The molecule has 450 valence electrons. The Balaban J connectivity index is 1.46. The maximum absolute atomic E-state index is 7.35. The molecule has 5 heteroatoms. The number of anilines is 6. The van der Waals surface area contributed by atoms with Gasteiger partial charge in [-0.05, 0) is 157 Å². The lowest BCUT2D eigenvalue weighted by Gasteiger charge is -2.36. The molecule has 1 heterocycles. The lowest BCUT2D eigenvalue weighted by molar-refractivity contribution is 0.532. The van der Waals surface area contributed by atoms with Gasteiger partial charge in [0, 0.05) is 77.1 Å². The van der Waals surface area contributed by atoms with Crippen molar-refractivity contribution in [2.75, 3.05) is 9.80 Å². The van der Waals surface area contributed by atoms with Gasteiger partial charge in [-0.3, -0.25) is 4.98 Å². The summed E-state index contributed by atoms with van der Waals surface area (Å²) in [6.45, 7) is 41.5. The summed E-state index contributed by atoms with van der Waals surface area (Å²) in [5.74, 6) is 0. The summed E-state index contributed by atoms with van der Waals surface area (Å²) in [6, 6.07) is 78.2. The first-order valence-corrected chi connectivity index (χ1v) is 32.0. The van der Waals surface area contributed by atoms with Crippen molar-refractivity contribution in [2.24, 2.45) is 0 Å². The quantitative estimate of drug-likeness (QED) is 0.129. The van der Waals surface area contributed by atoms with Gasteiger partial charge >= 0.3 is 0 Å². The van der Waals surface area contributed by atoms with Crippen LogP contribution in [0.2, 0.25) is 10.0 Å². The van der Waals surface area contributed by atoms with Crippen molar-refractivity contribution < 1.29 is 0 Å². The largest absolute Gasteiger partial charge is 0.309 e. The Bertz CT molecular complexity index is 4060. The molecule has 3 nitrogen and oxygen atoms in total. The summed E-state index contributed by atoms with van der Waals surface area (Å²) in [5, 5.41) is 1.27. The van der Waals surface area contributed by atoms with Crippen LogP contribution in [0.1, 0.15) is 158 Å². The highest BCUT2D eigenvalue weighted by atomic mass is 35.5. The van der Waals surface area contributed by atoms with Crippen molar-refractivity contribution in [2.45, 2.75) is 157 Å². The molecule has 0 aliphatic heterocycles. The van der Waals surface area contributed by atoms with Crippen LogP contribution in [0.4, 0.5) is 34.1 Å². The molecule has 10 aromatic rings. The van der Waals surface area contributed by atoms with Gasteiger partial charge in [0.25, 0.3) is 0 Å². The number of nitrogens with zero attached hydrogens (tertiary/aromatic N) is 3. The van der Waals surface area contributed by atoms with E-state index in [1.54, 1.807) is 0 Å². The van der Waals surface area contributed by atoms with Crippen molar-refractivity contribution in [3.05, 3.63) is 256 Å². The Morgan fingerprint density at radius 2 is 0.614 bits per heavy atom. The van der Waals surface area contributed by atoms with Crippen molar-refractivity contribution in [3.63, 3.8) is 0 Å². The number of hydrogen-bond acceptors (Lipinski definition) is 3. The van der Waals surface area contributed by atoms with Gasteiger partial charge in [0.15, 0.2) is 0 Å². The van der Waals surface area contributed by atoms with Gasteiger partial charge in [0.05, 0.1) is 17.1 Å². The third-order valence-electron chi connectivity index (χ3n) is 16.9. The zero-order valence-electron chi connectivity index (χ0n) is 55.3. The average Bonchev–Trinajstić information content (AvgIpc) is 1.01. The van der Waals surface area contributed by atoms with Crippen LogP contribution >= 0.6 is 23.2 Å². The first-order valence-electron chi connectivity index (χ1n) is 31.2. The van der Waals surface area contributed by atoms with Crippen LogP contribution in [-0.4, -0.2) is 4.98 Å². The van der Waals surface area contributed by atoms with Gasteiger partial charge in [0.1, 0.15) is 0 Å². The fraction of sp³-hybridized carbons (Fsp3) is 0.289. The van der Waals surface area contributed by atoms with E-state index in [0.29, 0.717) is 10.0 Å². The van der Waals surface area contributed by atoms with Gasteiger partial charge in [0.2, 0.25) is 0 Å². The van der Waals surface area contributed by atoms with Crippen LogP contribution in [0.15, 0.2) is 212 Å². The minimum Gasteiger partial charge on any atom is -0.309 e. The van der Waals surface area contributed by atoms with Gasteiger partial charge in [-0.2, -0.15) is 0 Å². The van der Waals surface area contributed by atoms with Crippen molar-refractivity contribution in [3.8, 4) is 55.6 Å². The third kappa shape index (κ3) is 13.6. The van der Waals surface area contributed by atoms with E-state index in [0.717, 1.165) is 101 Å². The summed E-state index contributed by atoms with van der Waals surface area (Å²) >= 11 is 14.6. The summed E-state index contributed by atoms with van der Waals surface area (Å²) in [6.07, 6.45) is 0. The second kappa shape index (κ2) is 24.0. The predicted octanol–water partition coefficient (Wildman–Crippen LogP) is 25.4. The Morgan fingerprint density at radius 3 is 0.966 bits per heavy atom. The third-order valence-corrected chi connectivity index (χ3v) is 17.3. The van der Waals surface area contributed by atoms with Gasteiger partial charge in [-0.25, -0.2) is 0 Å². The normalized spacial score (nSPS) is 12.5. The van der Waals surface area contributed by atoms with E-state index < -0.39 is 0 Å². The molecular formula is C83H89Cl2N3. The Hall–Kier alpha value is -7.69. The molecule has 0 bridgehead atoms. The number of halogens is 2. The molecule has 9 aromatic carbocycles. The summed E-state index contributed by atoms with van der Waals surface area (Å²) in [5.41, 5.74) is 22.5. The van der Waals surface area contributed by atoms with Crippen LogP contribution in [-0.2, 0) is 32.5 Å². The second-order valence-corrected chi connectivity index (χ2v) is 31.1. The van der Waals surface area contributed by atoms with E-state index in [-0.39, 0.29) is 32.5 Å². The molecule has 0 saturated carbocycles. The Kier molecular flexibility index (Phi) is 17.3. The van der Waals surface area contributed by atoms with Crippen molar-refractivity contribution in [1.82, 2.24) is 4.98 Å². The van der Waals surface area contributed by atoms with Crippen molar-refractivity contribution in [1.29, 1.82) is 0 Å². The molecule has 0 aliphatic carbocycles. The molecule has 10 rings (SSSR count). The maximum Gasteiger partial charge on any atom is 0.0619 e. The standard InChI is InChI=1S/C83H89Cl2N3/c1-78(2,3)59-42-57(43-60(46-59)79(4,5)6)58-44-67(87(65-38-28-36-63(84)51-65)75-70(54-30-22-19-23-31-54)47-61(80(7,8)9)48-71(75)55-32-24-20-25-33-55)53-68(45-58)88(66-39-29-37-64(85)52-66)76-72(56-34-26-21-27-35-56)49-62(81(10,11)12)50-73(76)69-40-41-74(82(13,14)15)86-77(69)83(16,17)18/h19-53H,1-18H3. The first kappa shape index (κ1) is 63.3. The van der Waals surface area contributed by atoms with E-state index in [1.165, 1.54) is 22.3 Å². The van der Waals surface area contributed by atoms with Gasteiger partial charge in [-0.1, -0.05) is 275 Å². The highest BCUT2D eigenvalue weighted by molar-refractivity contribution is 6.31. The molecule has 0 spiro atoms. The number of rotatable bonds is 11. The van der Waals surface area contributed by atoms with E-state index in [2.05, 4.69) is 335 Å². The summed E-state index contributed by atoms with van der Waals surface area (Å²) < 4.78 is 0. The highest BCUT2D eigenvalue weighted by Gasteiger charge is 2.34. The number of hydrogen-bond donors (Lipinski definition) is 0. The molecule has 0 fully saturated rings. The lowest BCUT2D eigenvalue weighted by atomic mass is 9.78. The van der Waals surface area contributed by atoms with E-state index in [1.807, 2.05) is 12.1 Å². The first-order chi connectivity index (χ1) is 41.2. The van der Waals surface area contributed by atoms with E-state index in [9.17, 15) is 0 Å². The molecule has 0 unspecified atom stereocenters. The van der Waals surface area contributed by atoms with Crippen LogP contribution in [0.3, 0.4) is 0 Å². The second-order valence-electron chi connectivity index (χ2n) is 30.2. The molecule has 88 heavy (non-hydrogen) atoms. The minimum absolute atomic E-state index is 0.157. The molecular weight excluding hydrogens is 1110 g/mol. The predicted molar refractivity (Wildman–Crippen MR) is 383 cm³/mol. The van der Waals surface area contributed by atoms with E-state index >= 15 is 0 Å². The zero-order valence-corrected chi connectivity index (χ0v) is 56.8. The summed E-state index contributed by atoms with van der Waals surface area (Å²) in [7, 11) is 0. The smallest absolute Gasteiger partial charge is 0.0619 e. The molecule has 0 radical (unpaired) electrons. The molecule has 1 aromatic heterocycles. The molecule has 0 atom stereocenters. The SMILES string of the molecule is CC(C)(C)c1cc(-c2cc(N(c3cccc(Cl)c3)c3c(-c4ccccc4)cc(C(C)(C)C)cc3-c3ccccc3)cc(N(c3cccc(Cl)c3)c3c(-c4ccccc4)cc(C(C)(C)C)cc3-c3ccc(C(C)(C)C)nc3C(C)(C)C)c2)cc(C(C)(C)C)c1. The van der Waals surface area contributed by atoms with Crippen LogP contribution in [0.25, 0.3) is 55.6 Å². The van der Waals surface area contributed by atoms with Crippen LogP contribution < -0.4 is 9.80 Å². The summed E-state index contributed by atoms with van der Waals surface area (Å²) in [4.78, 5) is 10.7. The van der Waals surface area contributed by atoms with Crippen LogP contribution in [0.5, 0.6) is 0 Å². The monoisotopic (exact) mass is 1200 g/mol. The fourth-order valence-corrected chi connectivity index (χ4v) is 12.1. The number of aromatic nitrogens is 1. The average molecular weight is 1200 g/mol. The van der Waals surface area contributed by atoms with Gasteiger partial charge < -0.3 is 9.80 Å². The number of pyridine rings is 1. The van der Waals surface area contributed by atoms with Gasteiger partial charge in [-0.15, -0.1) is 0 Å². The van der Waals surface area contributed by atoms with Crippen LogP contribution in [0, 0.1) is 0 Å². The zero-order chi connectivity index (χ0) is 63.5. The van der Waals surface area contributed by atoms with E-state index in [4.69, 9.17) is 28.2 Å². The highest BCUT2D eigenvalue weighted by Crippen LogP contribution is 2.55. The molecule has 0 aliphatic rings. The maximum atomic E-state index is 7.35. The molecule has 0 saturated heterocycles. The topological polar surface area (TPSA) is 19.4 Å². The molecule has 0 amide bonds. The minimum atomic E-state index is -0.345. The lowest BCUT2D eigenvalue weighted by Crippen LogP contribution is -2.22. The Morgan fingerprint density at radius 1 is 0.261 bits per heavy atom. The molecule has 0 N–H and O–H groups in total. The Labute approximate surface area is 537 Å². The number of benzene rings is 9.